The van der Waals surface area contributed by atoms with Crippen LogP contribution in [-0.2, 0) is 9.84 Å². The number of carbonyl (C=O) groups is 1. The fourth-order valence-electron chi connectivity index (χ4n) is 4.02. The molecule has 1 aliphatic rings. The van der Waals surface area contributed by atoms with Crippen LogP contribution < -0.4 is 14.2 Å². The molecule has 4 rings (SSSR count). The number of Topliss-reactive ketones (excluding diaryl/α,β-unsaturated/α-hetero) is 1. The number of rotatable bonds is 9. The normalized spacial score (nSPS) is 15.1. The zero-order chi connectivity index (χ0) is 29.1. The largest absolute Gasteiger partial charge is 0.573 e. The molecule has 40 heavy (non-hydrogen) atoms. The molecule has 1 saturated heterocycles. The highest BCUT2D eigenvalue weighted by Gasteiger charge is 2.31. The second kappa shape index (κ2) is 11.8. The number of ether oxygens (including phenoxy) is 3. The minimum Gasteiger partial charge on any atom is -0.474 e. The lowest BCUT2D eigenvalue weighted by Crippen LogP contribution is -2.41. The van der Waals surface area contributed by atoms with Gasteiger partial charge in [0.1, 0.15) is 18.2 Å². The molecule has 214 valence electrons. The number of alkyl halides is 3. The molecule has 0 amide bonds. The van der Waals surface area contributed by atoms with Crippen LogP contribution in [0.25, 0.3) is 0 Å². The van der Waals surface area contributed by atoms with E-state index >= 15 is 0 Å². The molecule has 1 aliphatic heterocycles. The Kier molecular flexibility index (Phi) is 8.59. The lowest BCUT2D eigenvalue weighted by Gasteiger charge is -2.31. The van der Waals surface area contributed by atoms with Gasteiger partial charge < -0.3 is 14.2 Å². The van der Waals surface area contributed by atoms with Gasteiger partial charge >= 0.3 is 6.36 Å². The molecule has 0 aliphatic carbocycles. The van der Waals surface area contributed by atoms with Crippen LogP contribution in [0.15, 0.2) is 53.7 Å². The van der Waals surface area contributed by atoms with Crippen molar-refractivity contribution < 1.29 is 45.0 Å². The maximum atomic E-state index is 14.4. The van der Waals surface area contributed by atoms with Crippen LogP contribution in [0, 0.1) is 12.7 Å². The molecule has 2 heterocycles. The van der Waals surface area contributed by atoms with Crippen LogP contribution in [-0.4, -0.2) is 67.4 Å². The second-order valence-corrected chi connectivity index (χ2v) is 11.2. The molecule has 0 radical (unpaired) electrons. The summed E-state index contributed by atoms with van der Waals surface area (Å²) in [6.45, 7) is 2.82. The fraction of sp³-hybridized carbons (Fsp3) is 0.346. The van der Waals surface area contributed by atoms with Crippen LogP contribution in [0.4, 0.5) is 17.6 Å². The Morgan fingerprint density at radius 1 is 1.05 bits per heavy atom. The van der Waals surface area contributed by atoms with E-state index in [2.05, 4.69) is 14.7 Å². The number of likely N-dealkylation sites (tertiary alicyclic amines) is 1. The number of piperidine rings is 1. The lowest BCUT2D eigenvalue weighted by molar-refractivity contribution is -0.274. The van der Waals surface area contributed by atoms with Gasteiger partial charge in [0, 0.05) is 24.9 Å². The van der Waals surface area contributed by atoms with Crippen molar-refractivity contribution in [2.45, 2.75) is 37.1 Å². The fourth-order valence-corrected chi connectivity index (χ4v) is 4.65. The highest BCUT2D eigenvalue weighted by atomic mass is 32.2. The van der Waals surface area contributed by atoms with Crippen LogP contribution in [0.3, 0.4) is 0 Å². The number of hydrogen-bond acceptors (Lipinski definition) is 9. The van der Waals surface area contributed by atoms with Crippen molar-refractivity contribution in [2.24, 2.45) is 0 Å². The lowest BCUT2D eigenvalue weighted by atomic mass is 10.1. The summed E-state index contributed by atoms with van der Waals surface area (Å²) in [7, 11) is -3.58. The minimum absolute atomic E-state index is 0.0469. The SMILES string of the molecule is Cc1c(Oc2ccc(S(C)(=O)=O)cc2F)ncnc1OC1CCN(CC(=O)c2ccc(OC(F)(F)F)cc2)CC1. The molecular weight excluding hydrogens is 558 g/mol. The van der Waals surface area contributed by atoms with Gasteiger partial charge in [0.2, 0.25) is 11.8 Å². The number of ketones is 1. The third-order valence-electron chi connectivity index (χ3n) is 6.12. The topological polar surface area (TPSA) is 108 Å². The number of nitrogens with zero attached hydrogens (tertiary/aromatic N) is 3. The zero-order valence-corrected chi connectivity index (χ0v) is 22.3. The number of carbonyl (C=O) groups excluding carboxylic acids is 1. The van der Waals surface area contributed by atoms with Gasteiger partial charge in [-0.25, -0.2) is 22.8 Å². The van der Waals surface area contributed by atoms with E-state index in [9.17, 15) is 30.8 Å². The van der Waals surface area contributed by atoms with E-state index < -0.39 is 27.8 Å². The maximum Gasteiger partial charge on any atom is 0.573 e. The summed E-state index contributed by atoms with van der Waals surface area (Å²) in [6, 6.07) is 8.09. The van der Waals surface area contributed by atoms with Crippen molar-refractivity contribution >= 4 is 15.6 Å². The molecular formula is C26H25F4N3O6S. The van der Waals surface area contributed by atoms with Gasteiger partial charge in [0.05, 0.1) is 17.0 Å². The molecule has 9 nitrogen and oxygen atoms in total. The molecule has 0 saturated carbocycles. The summed E-state index contributed by atoms with van der Waals surface area (Å²) in [4.78, 5) is 22.5. The van der Waals surface area contributed by atoms with E-state index in [1.54, 1.807) is 6.92 Å². The first-order chi connectivity index (χ1) is 18.8. The van der Waals surface area contributed by atoms with Gasteiger partial charge in [-0.05, 0) is 62.2 Å². The number of hydrogen-bond donors (Lipinski definition) is 0. The summed E-state index contributed by atoms with van der Waals surface area (Å²) in [6.07, 6.45) is -1.69. The Morgan fingerprint density at radius 3 is 2.30 bits per heavy atom. The van der Waals surface area contributed by atoms with Crippen LogP contribution >= 0.6 is 0 Å². The van der Waals surface area contributed by atoms with Gasteiger partial charge in [0.15, 0.2) is 27.2 Å². The Hall–Kier alpha value is -3.78. The van der Waals surface area contributed by atoms with E-state index in [0.29, 0.717) is 31.5 Å². The highest BCUT2D eigenvalue weighted by Crippen LogP contribution is 2.31. The Bertz CT molecular complexity index is 1470. The number of aromatic nitrogens is 2. The average Bonchev–Trinajstić information content (AvgIpc) is 2.87. The van der Waals surface area contributed by atoms with E-state index in [-0.39, 0.29) is 46.4 Å². The second-order valence-electron chi connectivity index (χ2n) is 9.16. The summed E-state index contributed by atoms with van der Waals surface area (Å²) in [5, 5.41) is 0. The van der Waals surface area contributed by atoms with Crippen molar-refractivity contribution in [2.75, 3.05) is 25.9 Å². The maximum absolute atomic E-state index is 14.4. The Labute approximate surface area is 227 Å². The summed E-state index contributed by atoms with van der Waals surface area (Å²) >= 11 is 0. The Morgan fingerprint density at radius 2 is 1.70 bits per heavy atom. The van der Waals surface area contributed by atoms with Gasteiger partial charge in [-0.2, -0.15) is 0 Å². The average molecular weight is 584 g/mol. The van der Waals surface area contributed by atoms with Crippen molar-refractivity contribution in [1.82, 2.24) is 14.9 Å². The quantitative estimate of drug-likeness (QED) is 0.261. The standard InChI is InChI=1S/C26H25F4N3O6S/c1-16-24(31-15-32-25(16)38-23-8-7-20(13-21(23)27)40(2,35)36)37-18-9-11-33(12-10-18)14-22(34)17-3-5-19(6-4-17)39-26(28,29)30/h3-8,13,15,18H,9-12,14H2,1-2H3. The molecule has 1 aromatic heterocycles. The molecule has 3 aromatic rings. The summed E-state index contributed by atoms with van der Waals surface area (Å²) in [5.41, 5.74) is 0.698. The van der Waals surface area contributed by atoms with E-state index in [0.717, 1.165) is 24.5 Å². The minimum atomic E-state index is -4.80. The number of sulfone groups is 1. The molecule has 0 bridgehead atoms. The van der Waals surface area contributed by atoms with Crippen molar-refractivity contribution in [3.63, 3.8) is 0 Å². The highest BCUT2D eigenvalue weighted by molar-refractivity contribution is 7.90. The van der Waals surface area contributed by atoms with E-state index in [1.807, 2.05) is 4.90 Å². The Balaban J connectivity index is 1.31. The first-order valence-electron chi connectivity index (χ1n) is 12.1. The van der Waals surface area contributed by atoms with E-state index in [1.165, 1.54) is 30.6 Å². The third kappa shape index (κ3) is 7.66. The molecule has 0 spiro atoms. The summed E-state index contributed by atoms with van der Waals surface area (Å²) < 4.78 is 90.1. The third-order valence-corrected chi connectivity index (χ3v) is 7.23. The van der Waals surface area contributed by atoms with Crippen LogP contribution in [0.1, 0.15) is 28.8 Å². The zero-order valence-electron chi connectivity index (χ0n) is 21.4. The molecule has 0 atom stereocenters. The predicted molar refractivity (Wildman–Crippen MR) is 134 cm³/mol. The van der Waals surface area contributed by atoms with E-state index in [4.69, 9.17) is 9.47 Å². The monoisotopic (exact) mass is 583 g/mol. The molecule has 2 aromatic carbocycles. The smallest absolute Gasteiger partial charge is 0.474 e. The van der Waals surface area contributed by atoms with Crippen molar-refractivity contribution in [3.8, 4) is 23.3 Å². The van der Waals surface area contributed by atoms with Gasteiger partial charge in [0.25, 0.3) is 0 Å². The predicted octanol–water partition coefficient (Wildman–Crippen LogP) is 4.74. The molecule has 0 unspecified atom stereocenters. The number of benzene rings is 2. The van der Waals surface area contributed by atoms with Crippen molar-refractivity contribution in [1.29, 1.82) is 0 Å². The van der Waals surface area contributed by atoms with Gasteiger partial charge in [-0.3, -0.25) is 9.69 Å². The molecule has 1 fully saturated rings. The molecule has 14 heteroatoms. The van der Waals surface area contributed by atoms with Crippen LogP contribution in [0.2, 0.25) is 0 Å². The first kappa shape index (κ1) is 29.2. The summed E-state index contributed by atoms with van der Waals surface area (Å²) in [5.74, 6) is -1.41. The van der Waals surface area contributed by atoms with Gasteiger partial charge in [-0.15, -0.1) is 13.2 Å². The number of halogens is 4. The molecule has 0 N–H and O–H groups in total. The van der Waals surface area contributed by atoms with Gasteiger partial charge in [-0.1, -0.05) is 0 Å². The van der Waals surface area contributed by atoms with Crippen LogP contribution in [0.5, 0.6) is 23.3 Å². The first-order valence-corrected chi connectivity index (χ1v) is 13.9. The van der Waals surface area contributed by atoms with Crippen molar-refractivity contribution in [3.05, 3.63) is 65.7 Å².